The van der Waals surface area contributed by atoms with Gasteiger partial charge in [0.1, 0.15) is 22.3 Å². The Labute approximate surface area is 598 Å². The van der Waals surface area contributed by atoms with Gasteiger partial charge in [0.05, 0.1) is 0 Å². The maximum absolute atomic E-state index is 10.1. The zero-order chi connectivity index (χ0) is 68.2. The largest absolute Gasteiger partial charge is 0.489 e. The van der Waals surface area contributed by atoms with E-state index in [1.54, 1.807) is 0 Å². The molecule has 0 aliphatic heterocycles. The van der Waals surface area contributed by atoms with Crippen molar-refractivity contribution in [3.8, 4) is 77.9 Å². The molecule has 0 bridgehead atoms. The summed E-state index contributed by atoms with van der Waals surface area (Å²) < 4.78 is 13.7. The second-order valence-corrected chi connectivity index (χ2v) is 26.9. The molecule has 2 heterocycles. The fourth-order valence-corrected chi connectivity index (χ4v) is 15.8. The zero-order valence-corrected chi connectivity index (χ0v) is 56.9. The molecule has 2 aromatic heterocycles. The maximum atomic E-state index is 10.1. The van der Waals surface area contributed by atoms with Gasteiger partial charge in [-0.1, -0.05) is 325 Å². The standard InChI is InChI=1S/C48H30O.C24H17BO2.C24H15BrO/c1-2-13-32-29-37(27-26-31(32)12-1)47-42-21-5-3-19-40(42)46(41-20-4-6-22-43(41)47)36-17-10-15-34(30-36)33-14-9-16-35(28-33)38-23-11-24-44-39-18-7-8-25-45(39)49-48(38)44;26-25(27)24-21-11-5-3-9-19(21)23(20-10-4-6-12-22(20)24)18-14-13-16-7-1-2-8-17(16)15-18;25-19-9-4-7-17(15-19)16-6-3-8-18(14-16)20-11-5-12-22-21-10-1-2-13-23(21)26-24(20)22/h1-30H;1-15,26-27H;1-15H. The van der Waals surface area contributed by atoms with E-state index in [9.17, 15) is 10.0 Å². The van der Waals surface area contributed by atoms with Crippen LogP contribution in [0.25, 0.3) is 186 Å². The summed E-state index contributed by atoms with van der Waals surface area (Å²) in [5.41, 5.74) is 20.8. The number of hydrogen-bond donors (Lipinski definition) is 2. The Morgan fingerprint density at radius 2 is 0.510 bits per heavy atom. The van der Waals surface area contributed by atoms with Crippen molar-refractivity contribution in [3.63, 3.8) is 0 Å². The smallest absolute Gasteiger partial charge is 0.455 e. The summed E-state index contributed by atoms with van der Waals surface area (Å²) in [5.74, 6) is 0. The Hall–Kier alpha value is -12.4. The third-order valence-corrected chi connectivity index (χ3v) is 20.5. The molecule has 6 heteroatoms. The van der Waals surface area contributed by atoms with Crippen molar-refractivity contribution >= 4 is 137 Å². The van der Waals surface area contributed by atoms with Crippen LogP contribution in [0.4, 0.5) is 0 Å². The molecule has 0 atom stereocenters. The predicted octanol–water partition coefficient (Wildman–Crippen LogP) is 25.9. The molecular formula is C96H62BBrO4. The van der Waals surface area contributed by atoms with Crippen LogP contribution >= 0.6 is 15.9 Å². The summed E-state index contributed by atoms with van der Waals surface area (Å²) >= 11 is 3.56. The highest BCUT2D eigenvalue weighted by atomic mass is 79.9. The van der Waals surface area contributed by atoms with Gasteiger partial charge >= 0.3 is 7.12 Å². The lowest BCUT2D eigenvalue weighted by molar-refractivity contribution is 0.426. The van der Waals surface area contributed by atoms with Crippen LogP contribution in [0.1, 0.15) is 0 Å². The van der Waals surface area contributed by atoms with Gasteiger partial charge in [-0.2, -0.15) is 0 Å². The number of hydrogen-bond acceptors (Lipinski definition) is 4. The van der Waals surface area contributed by atoms with E-state index in [2.05, 4.69) is 301 Å². The lowest BCUT2D eigenvalue weighted by atomic mass is 9.72. The summed E-state index contributed by atoms with van der Waals surface area (Å²) in [4.78, 5) is 0. The minimum atomic E-state index is -1.52. The summed E-state index contributed by atoms with van der Waals surface area (Å²) in [6.45, 7) is 0. The van der Waals surface area contributed by atoms with Gasteiger partial charge in [-0.3, -0.25) is 0 Å². The fourth-order valence-electron chi connectivity index (χ4n) is 15.4. The predicted molar refractivity (Wildman–Crippen MR) is 434 cm³/mol. The Kier molecular flexibility index (Phi) is 16.0. The van der Waals surface area contributed by atoms with E-state index in [4.69, 9.17) is 8.83 Å². The van der Waals surface area contributed by atoms with Crippen molar-refractivity contribution < 1.29 is 18.9 Å². The molecule has 0 spiro atoms. The summed E-state index contributed by atoms with van der Waals surface area (Å²) in [6, 6.07) is 128. The number of fused-ring (bicyclic) bond motifs is 12. The van der Waals surface area contributed by atoms with E-state index >= 15 is 0 Å². The molecule has 18 aromatic carbocycles. The van der Waals surface area contributed by atoms with Crippen molar-refractivity contribution in [1.82, 2.24) is 0 Å². The number of benzene rings is 18. The van der Waals surface area contributed by atoms with Crippen LogP contribution in [-0.2, 0) is 0 Å². The molecular weight excluding hydrogens is 1310 g/mol. The molecule has 0 radical (unpaired) electrons. The lowest BCUT2D eigenvalue weighted by Crippen LogP contribution is -2.31. The highest BCUT2D eigenvalue weighted by Crippen LogP contribution is 2.46. The minimum absolute atomic E-state index is 0.561. The van der Waals surface area contributed by atoms with Gasteiger partial charge in [0, 0.05) is 37.1 Å². The molecule has 20 rings (SSSR count). The average Bonchev–Trinajstić information content (AvgIpc) is 1.07. The third-order valence-electron chi connectivity index (χ3n) is 20.0. The minimum Gasteiger partial charge on any atom is -0.455 e. The van der Waals surface area contributed by atoms with E-state index in [1.165, 1.54) is 87.6 Å². The molecule has 0 unspecified atom stereocenters. The van der Waals surface area contributed by atoms with Gasteiger partial charge in [-0.05, 0) is 191 Å². The van der Waals surface area contributed by atoms with Gasteiger partial charge in [0.25, 0.3) is 0 Å². The molecule has 0 aliphatic rings. The topological polar surface area (TPSA) is 66.7 Å². The molecule has 20 aromatic rings. The van der Waals surface area contributed by atoms with Crippen molar-refractivity contribution in [2.24, 2.45) is 0 Å². The van der Waals surface area contributed by atoms with Crippen LogP contribution in [0.15, 0.2) is 377 Å². The number of rotatable bonds is 8. The molecule has 0 fully saturated rings. The monoisotopic (exact) mass is 1370 g/mol. The summed E-state index contributed by atoms with van der Waals surface area (Å²) in [5, 5.41) is 38.5. The molecule has 2 N–H and O–H groups in total. The molecule has 0 aliphatic carbocycles. The quantitative estimate of drug-likeness (QED) is 0.118. The first kappa shape index (κ1) is 61.9. The first-order valence-electron chi connectivity index (χ1n) is 34.4. The normalized spacial score (nSPS) is 11.5. The van der Waals surface area contributed by atoms with Crippen LogP contribution in [0.3, 0.4) is 0 Å². The first-order chi connectivity index (χ1) is 50.3. The van der Waals surface area contributed by atoms with Crippen LogP contribution in [0.5, 0.6) is 0 Å². The van der Waals surface area contributed by atoms with Crippen LogP contribution in [0, 0.1) is 0 Å². The van der Waals surface area contributed by atoms with Gasteiger partial charge in [-0.15, -0.1) is 0 Å². The van der Waals surface area contributed by atoms with E-state index in [0.717, 1.165) is 103 Å². The van der Waals surface area contributed by atoms with Crippen LogP contribution in [0.2, 0.25) is 0 Å². The van der Waals surface area contributed by atoms with E-state index in [-0.39, 0.29) is 0 Å². The molecule has 4 nitrogen and oxygen atoms in total. The van der Waals surface area contributed by atoms with E-state index < -0.39 is 7.12 Å². The van der Waals surface area contributed by atoms with Gasteiger partial charge < -0.3 is 18.9 Å². The van der Waals surface area contributed by atoms with Gasteiger partial charge in [-0.25, -0.2) is 0 Å². The van der Waals surface area contributed by atoms with Gasteiger partial charge in [0.15, 0.2) is 0 Å². The number of para-hydroxylation sites is 4. The maximum Gasteiger partial charge on any atom is 0.489 e. The Morgan fingerprint density at radius 1 is 0.216 bits per heavy atom. The molecule has 0 saturated heterocycles. The number of halogens is 1. The van der Waals surface area contributed by atoms with Gasteiger partial charge in [0.2, 0.25) is 0 Å². The Bertz CT molecular complexity index is 6550. The SMILES string of the molecule is Brc1cccc(-c2cccc(-c3cccc4c3oc3ccccc34)c2)c1.OB(O)c1c2ccccc2c(-c2ccc3ccccc3c2)c2ccccc12.c1cc(-c2cccc(-c3cccc4c3oc3ccccc34)c2)cc(-c2c3ccccc3c(-c3ccc4ccccc4c3)c3ccccc23)c1. The summed E-state index contributed by atoms with van der Waals surface area (Å²) in [6.07, 6.45) is 0. The van der Waals surface area contributed by atoms with E-state index in [0.29, 0.717) is 5.46 Å². The molecule has 480 valence electrons. The zero-order valence-electron chi connectivity index (χ0n) is 55.3. The molecule has 0 saturated carbocycles. The van der Waals surface area contributed by atoms with Crippen LogP contribution < -0.4 is 5.46 Å². The third kappa shape index (κ3) is 11.3. The molecule has 102 heavy (non-hydrogen) atoms. The van der Waals surface area contributed by atoms with Crippen molar-refractivity contribution in [1.29, 1.82) is 0 Å². The highest BCUT2D eigenvalue weighted by molar-refractivity contribution is 9.10. The first-order valence-corrected chi connectivity index (χ1v) is 35.2. The van der Waals surface area contributed by atoms with Crippen molar-refractivity contribution in [2.45, 2.75) is 0 Å². The van der Waals surface area contributed by atoms with E-state index in [1.807, 2.05) is 78.9 Å². The van der Waals surface area contributed by atoms with Crippen LogP contribution in [-0.4, -0.2) is 17.2 Å². The lowest BCUT2D eigenvalue weighted by Gasteiger charge is -2.18. The van der Waals surface area contributed by atoms with Crippen molar-refractivity contribution in [3.05, 3.63) is 368 Å². The highest BCUT2D eigenvalue weighted by Gasteiger charge is 2.24. The Morgan fingerprint density at radius 3 is 0.922 bits per heavy atom. The number of furan rings is 2. The molecule has 0 amide bonds. The average molecular weight is 1370 g/mol. The summed E-state index contributed by atoms with van der Waals surface area (Å²) in [7, 11) is -1.52. The van der Waals surface area contributed by atoms with Crippen molar-refractivity contribution in [2.75, 3.05) is 0 Å². The second-order valence-electron chi connectivity index (χ2n) is 26.0. The fraction of sp³-hybridized carbons (Fsp3) is 0. The Balaban J connectivity index is 0.000000119. The second kappa shape index (κ2) is 26.4.